The molecule has 2 N–H and O–H groups in total. The van der Waals surface area contributed by atoms with Gasteiger partial charge in [-0.3, -0.25) is 9.69 Å². The maximum Gasteiger partial charge on any atom is 0.268 e. The molecular formula is C14H19N3O2S. The van der Waals surface area contributed by atoms with E-state index >= 15 is 0 Å². The first kappa shape index (κ1) is 13.7. The Kier molecular flexibility index (Phi) is 3.87. The molecule has 5 nitrogen and oxygen atoms in total. The van der Waals surface area contributed by atoms with Crippen molar-refractivity contribution >= 4 is 21.6 Å². The van der Waals surface area contributed by atoms with Crippen molar-refractivity contribution in [2.45, 2.75) is 44.4 Å². The Hall–Kier alpha value is -1.24. The zero-order valence-corrected chi connectivity index (χ0v) is 12.3. The van der Waals surface area contributed by atoms with Crippen LogP contribution in [0.5, 0.6) is 0 Å². The summed E-state index contributed by atoms with van der Waals surface area (Å²) in [5.41, 5.74) is 0.684. The Bertz CT molecular complexity index is 651. The summed E-state index contributed by atoms with van der Waals surface area (Å²) < 4.78 is 0.675. The number of nitrogens with zero attached hydrogens (tertiary/aromatic N) is 2. The fraction of sp³-hybridized carbons (Fsp3) is 0.571. The standard InChI is InChI=1S/C14H19N3O2S/c1-17(10-4-2-3-5-11(10)18)8-12-15-9-6-7-20-13(9)14(19)16-12/h6-7,10-11,18H,2-5,8H2,1H3,(H,15,16,19). The summed E-state index contributed by atoms with van der Waals surface area (Å²) in [7, 11) is 1.98. The van der Waals surface area contributed by atoms with Gasteiger partial charge in [-0.25, -0.2) is 4.98 Å². The topological polar surface area (TPSA) is 69.2 Å². The summed E-state index contributed by atoms with van der Waals surface area (Å²) in [5, 5.41) is 12.0. The van der Waals surface area contributed by atoms with Crippen LogP contribution in [0.1, 0.15) is 31.5 Å². The van der Waals surface area contributed by atoms with Gasteiger partial charge in [-0.15, -0.1) is 11.3 Å². The minimum absolute atomic E-state index is 0.0717. The Morgan fingerprint density at radius 2 is 2.30 bits per heavy atom. The monoisotopic (exact) mass is 293 g/mol. The van der Waals surface area contributed by atoms with Crippen LogP contribution >= 0.6 is 11.3 Å². The van der Waals surface area contributed by atoms with Crippen molar-refractivity contribution in [1.29, 1.82) is 0 Å². The lowest BCUT2D eigenvalue weighted by Gasteiger charge is -2.34. The van der Waals surface area contributed by atoms with Crippen LogP contribution < -0.4 is 5.56 Å². The molecule has 2 aromatic rings. The molecule has 6 heteroatoms. The number of likely N-dealkylation sites (N-methyl/N-ethyl adjacent to an activating group) is 1. The Balaban J connectivity index is 1.79. The van der Waals surface area contributed by atoms with Crippen molar-refractivity contribution in [3.8, 4) is 0 Å². The van der Waals surface area contributed by atoms with Gasteiger partial charge in [0, 0.05) is 6.04 Å². The van der Waals surface area contributed by atoms with Crippen LogP contribution in [0, 0.1) is 0 Å². The molecule has 20 heavy (non-hydrogen) atoms. The number of aromatic nitrogens is 2. The van der Waals surface area contributed by atoms with Crippen LogP contribution in [0.25, 0.3) is 10.2 Å². The first-order valence-corrected chi connectivity index (χ1v) is 7.88. The Labute approximate surface area is 121 Å². The average molecular weight is 293 g/mol. The molecule has 0 spiro atoms. The SMILES string of the molecule is CN(Cc1nc2ccsc2c(=O)[nH]1)C1CCCCC1O. The second kappa shape index (κ2) is 5.63. The minimum Gasteiger partial charge on any atom is -0.391 e. The molecule has 1 fully saturated rings. The van der Waals surface area contributed by atoms with Gasteiger partial charge in [-0.1, -0.05) is 12.8 Å². The smallest absolute Gasteiger partial charge is 0.268 e. The largest absolute Gasteiger partial charge is 0.391 e. The molecule has 2 unspecified atom stereocenters. The molecule has 0 radical (unpaired) electrons. The number of aliphatic hydroxyl groups is 1. The highest BCUT2D eigenvalue weighted by molar-refractivity contribution is 7.17. The molecule has 0 bridgehead atoms. The van der Waals surface area contributed by atoms with Crippen molar-refractivity contribution in [3.63, 3.8) is 0 Å². The molecule has 0 saturated heterocycles. The van der Waals surface area contributed by atoms with E-state index in [0.29, 0.717) is 17.1 Å². The fourth-order valence-corrected chi connectivity index (χ4v) is 3.68. The summed E-state index contributed by atoms with van der Waals surface area (Å²) >= 11 is 1.41. The molecule has 1 aliphatic carbocycles. The highest BCUT2D eigenvalue weighted by atomic mass is 32.1. The summed E-state index contributed by atoms with van der Waals surface area (Å²) in [6.07, 6.45) is 3.84. The second-order valence-corrected chi connectivity index (χ2v) is 6.40. The molecule has 1 saturated carbocycles. The van der Waals surface area contributed by atoms with Gasteiger partial charge in [0.05, 0.1) is 18.2 Å². The lowest BCUT2D eigenvalue weighted by molar-refractivity contribution is 0.0278. The van der Waals surface area contributed by atoms with Crippen molar-refractivity contribution in [1.82, 2.24) is 14.9 Å². The van der Waals surface area contributed by atoms with E-state index in [-0.39, 0.29) is 17.7 Å². The number of H-pyrrole nitrogens is 1. The van der Waals surface area contributed by atoms with Gasteiger partial charge in [0.1, 0.15) is 10.5 Å². The predicted molar refractivity (Wildman–Crippen MR) is 80.0 cm³/mol. The summed E-state index contributed by atoms with van der Waals surface area (Å²) in [4.78, 5) is 21.4. The first-order valence-electron chi connectivity index (χ1n) is 7.00. The number of fused-ring (bicyclic) bond motifs is 1. The second-order valence-electron chi connectivity index (χ2n) is 5.48. The fourth-order valence-electron chi connectivity index (χ4n) is 2.96. The lowest BCUT2D eigenvalue weighted by atomic mass is 9.91. The number of aromatic amines is 1. The van der Waals surface area contributed by atoms with Gasteiger partial charge in [0.2, 0.25) is 0 Å². The Morgan fingerprint density at radius 3 is 3.10 bits per heavy atom. The maximum absolute atomic E-state index is 11.9. The number of hydrogen-bond acceptors (Lipinski definition) is 5. The van der Waals surface area contributed by atoms with E-state index in [0.717, 1.165) is 31.2 Å². The number of thiophene rings is 1. The minimum atomic E-state index is -0.273. The highest BCUT2D eigenvalue weighted by Crippen LogP contribution is 2.23. The summed E-state index contributed by atoms with van der Waals surface area (Å²) in [6, 6.07) is 2.03. The van der Waals surface area contributed by atoms with Crippen LogP contribution in [-0.2, 0) is 6.54 Å². The van der Waals surface area contributed by atoms with E-state index in [4.69, 9.17) is 0 Å². The van der Waals surface area contributed by atoms with E-state index in [9.17, 15) is 9.90 Å². The molecule has 2 aromatic heterocycles. The van der Waals surface area contributed by atoms with Crippen LogP contribution in [0.4, 0.5) is 0 Å². The molecule has 1 aliphatic rings. The molecule has 0 aromatic carbocycles. The van der Waals surface area contributed by atoms with Gasteiger partial charge < -0.3 is 10.1 Å². The third kappa shape index (κ3) is 2.63. The van der Waals surface area contributed by atoms with Crippen molar-refractivity contribution in [2.24, 2.45) is 0 Å². The third-order valence-corrected chi connectivity index (χ3v) is 4.93. The molecule has 3 rings (SSSR count). The highest BCUT2D eigenvalue weighted by Gasteiger charge is 2.26. The maximum atomic E-state index is 11.9. The van der Waals surface area contributed by atoms with E-state index < -0.39 is 0 Å². The molecular weight excluding hydrogens is 274 g/mol. The summed E-state index contributed by atoms with van der Waals surface area (Å²) in [6.45, 7) is 0.558. The zero-order valence-electron chi connectivity index (χ0n) is 11.5. The summed E-state index contributed by atoms with van der Waals surface area (Å²) in [5.74, 6) is 0.668. The van der Waals surface area contributed by atoms with Gasteiger partial charge in [-0.05, 0) is 31.3 Å². The predicted octanol–water partition coefficient (Wildman–Crippen LogP) is 1.72. The van der Waals surface area contributed by atoms with Crippen LogP contribution in [0.2, 0.25) is 0 Å². The normalized spacial score (nSPS) is 23.6. The van der Waals surface area contributed by atoms with Crippen molar-refractivity contribution in [2.75, 3.05) is 7.05 Å². The van der Waals surface area contributed by atoms with Crippen molar-refractivity contribution < 1.29 is 5.11 Å². The molecule has 2 atom stereocenters. The number of nitrogens with one attached hydrogen (secondary N) is 1. The van der Waals surface area contributed by atoms with E-state index in [2.05, 4.69) is 14.9 Å². The Morgan fingerprint density at radius 1 is 1.50 bits per heavy atom. The number of rotatable bonds is 3. The van der Waals surface area contributed by atoms with Crippen LogP contribution in [0.15, 0.2) is 16.2 Å². The molecule has 108 valence electrons. The average Bonchev–Trinajstić information content (AvgIpc) is 2.88. The first-order chi connectivity index (χ1) is 9.65. The van der Waals surface area contributed by atoms with Gasteiger partial charge in [-0.2, -0.15) is 0 Å². The van der Waals surface area contributed by atoms with Crippen molar-refractivity contribution in [3.05, 3.63) is 27.6 Å². The van der Waals surface area contributed by atoms with Gasteiger partial charge in [0.25, 0.3) is 5.56 Å². The van der Waals surface area contributed by atoms with E-state index in [1.165, 1.54) is 11.3 Å². The quantitative estimate of drug-likeness (QED) is 0.904. The van der Waals surface area contributed by atoms with E-state index in [1.807, 2.05) is 18.5 Å². The van der Waals surface area contributed by atoms with Gasteiger partial charge in [0.15, 0.2) is 0 Å². The van der Waals surface area contributed by atoms with Gasteiger partial charge >= 0.3 is 0 Å². The van der Waals surface area contributed by atoms with Crippen LogP contribution in [0.3, 0.4) is 0 Å². The molecule has 2 heterocycles. The number of hydrogen-bond donors (Lipinski definition) is 2. The molecule has 0 amide bonds. The third-order valence-electron chi connectivity index (χ3n) is 4.02. The zero-order chi connectivity index (χ0) is 14.1. The van der Waals surface area contributed by atoms with Crippen LogP contribution in [-0.4, -0.2) is 39.2 Å². The van der Waals surface area contributed by atoms with E-state index in [1.54, 1.807) is 0 Å². The lowest BCUT2D eigenvalue weighted by Crippen LogP contribution is -2.43. The molecule has 0 aliphatic heterocycles. The number of aliphatic hydroxyl groups excluding tert-OH is 1.